The van der Waals surface area contributed by atoms with E-state index >= 15 is 0 Å². The van der Waals surface area contributed by atoms with Gasteiger partial charge in [-0.1, -0.05) is 19.8 Å². The van der Waals surface area contributed by atoms with Crippen LogP contribution in [0.3, 0.4) is 0 Å². The summed E-state index contributed by atoms with van der Waals surface area (Å²) in [5.41, 5.74) is 0. The molecule has 1 heterocycles. The molecule has 1 saturated heterocycles. The number of hydrogen-bond donors (Lipinski definition) is 3. The highest BCUT2D eigenvalue weighted by Crippen LogP contribution is 2.13. The van der Waals surface area contributed by atoms with Crippen molar-refractivity contribution < 1.29 is 19.5 Å². The molecule has 1 aliphatic rings. The van der Waals surface area contributed by atoms with E-state index in [4.69, 9.17) is 5.11 Å². The quantitative estimate of drug-likeness (QED) is 0.635. The maximum Gasteiger partial charge on any atom is 0.326 e. The number of carboxylic acids is 1. The Bertz CT molecular complexity index is 330. The molecule has 0 bridgehead atoms. The topological polar surface area (TPSA) is 95.5 Å². The molecule has 18 heavy (non-hydrogen) atoms. The molecule has 6 heteroatoms. The lowest BCUT2D eigenvalue weighted by atomic mass is 9.96. The summed E-state index contributed by atoms with van der Waals surface area (Å²) in [6.07, 6.45) is 2.77. The van der Waals surface area contributed by atoms with Crippen molar-refractivity contribution in [2.24, 2.45) is 5.92 Å². The van der Waals surface area contributed by atoms with E-state index in [9.17, 15) is 14.4 Å². The highest BCUT2D eigenvalue weighted by atomic mass is 16.4. The van der Waals surface area contributed by atoms with Gasteiger partial charge in [0.1, 0.15) is 6.04 Å². The van der Waals surface area contributed by atoms with Crippen LogP contribution in [0.25, 0.3) is 0 Å². The Labute approximate surface area is 106 Å². The minimum Gasteiger partial charge on any atom is -0.480 e. The van der Waals surface area contributed by atoms with Crippen molar-refractivity contribution in [3.05, 3.63) is 0 Å². The van der Waals surface area contributed by atoms with Crippen molar-refractivity contribution >= 4 is 17.8 Å². The van der Waals surface area contributed by atoms with Gasteiger partial charge >= 0.3 is 5.97 Å². The number of hydrogen-bond acceptors (Lipinski definition) is 3. The first kappa shape index (κ1) is 14.5. The van der Waals surface area contributed by atoms with Crippen LogP contribution < -0.4 is 10.6 Å². The van der Waals surface area contributed by atoms with E-state index in [1.807, 2.05) is 6.92 Å². The molecule has 1 aliphatic heterocycles. The van der Waals surface area contributed by atoms with Crippen LogP contribution in [0.5, 0.6) is 0 Å². The van der Waals surface area contributed by atoms with Crippen molar-refractivity contribution in [2.45, 2.75) is 45.1 Å². The van der Waals surface area contributed by atoms with Crippen LogP contribution in [-0.2, 0) is 14.4 Å². The number of carbonyl (C=O) groups is 3. The molecule has 1 rings (SSSR count). The second-order valence-corrected chi connectivity index (χ2v) is 4.58. The van der Waals surface area contributed by atoms with Gasteiger partial charge in [0.05, 0.1) is 0 Å². The minimum absolute atomic E-state index is 0.145. The molecule has 0 aliphatic carbocycles. The molecule has 3 N–H and O–H groups in total. The first-order chi connectivity index (χ1) is 8.54. The normalized spacial score (nSPS) is 20.9. The molecule has 2 unspecified atom stereocenters. The molecule has 1 fully saturated rings. The minimum atomic E-state index is -1.02. The molecular formula is C12H20N2O4. The highest BCUT2D eigenvalue weighted by Gasteiger charge is 2.28. The summed E-state index contributed by atoms with van der Waals surface area (Å²) in [5, 5.41) is 14.2. The Morgan fingerprint density at radius 3 is 2.83 bits per heavy atom. The fourth-order valence-electron chi connectivity index (χ4n) is 1.96. The van der Waals surface area contributed by atoms with Crippen molar-refractivity contribution in [2.75, 3.05) is 6.54 Å². The van der Waals surface area contributed by atoms with E-state index < -0.39 is 17.9 Å². The molecule has 0 aromatic heterocycles. The smallest absolute Gasteiger partial charge is 0.326 e. The third kappa shape index (κ3) is 4.35. The van der Waals surface area contributed by atoms with Crippen LogP contribution in [-0.4, -0.2) is 35.5 Å². The van der Waals surface area contributed by atoms with Crippen molar-refractivity contribution in [1.82, 2.24) is 10.6 Å². The van der Waals surface area contributed by atoms with Crippen molar-refractivity contribution in [3.8, 4) is 0 Å². The van der Waals surface area contributed by atoms with Gasteiger partial charge < -0.3 is 15.7 Å². The van der Waals surface area contributed by atoms with E-state index in [-0.39, 0.29) is 18.2 Å². The zero-order chi connectivity index (χ0) is 13.5. The summed E-state index contributed by atoms with van der Waals surface area (Å²) < 4.78 is 0. The number of aliphatic carboxylic acids is 1. The highest BCUT2D eigenvalue weighted by molar-refractivity contribution is 5.89. The first-order valence-corrected chi connectivity index (χ1v) is 6.34. The number of amides is 2. The molecule has 2 atom stereocenters. The lowest BCUT2D eigenvalue weighted by Gasteiger charge is -2.23. The van der Waals surface area contributed by atoms with Crippen LogP contribution in [0.2, 0.25) is 0 Å². The number of carboxylic acid groups (broad SMARTS) is 1. The SMILES string of the molecule is CCCCC(NC(=O)C1CCNC(=O)C1)C(=O)O. The molecule has 6 nitrogen and oxygen atoms in total. The van der Waals surface area contributed by atoms with Gasteiger partial charge in [-0.15, -0.1) is 0 Å². The first-order valence-electron chi connectivity index (χ1n) is 6.34. The summed E-state index contributed by atoms with van der Waals surface area (Å²) in [5.74, 6) is -1.89. The molecule has 2 amide bonds. The summed E-state index contributed by atoms with van der Waals surface area (Å²) in [6.45, 7) is 2.44. The van der Waals surface area contributed by atoms with Gasteiger partial charge in [0, 0.05) is 18.9 Å². The number of piperidine rings is 1. The molecule has 102 valence electrons. The second kappa shape index (κ2) is 6.98. The van der Waals surface area contributed by atoms with E-state index in [0.717, 1.165) is 12.8 Å². The van der Waals surface area contributed by atoms with Gasteiger partial charge in [-0.2, -0.15) is 0 Å². The van der Waals surface area contributed by atoms with E-state index in [1.165, 1.54) is 0 Å². The van der Waals surface area contributed by atoms with E-state index in [1.54, 1.807) is 0 Å². The van der Waals surface area contributed by atoms with Crippen LogP contribution in [0.1, 0.15) is 39.0 Å². The Balaban J connectivity index is 2.49. The molecular weight excluding hydrogens is 236 g/mol. The largest absolute Gasteiger partial charge is 0.480 e. The fourth-order valence-corrected chi connectivity index (χ4v) is 1.96. The van der Waals surface area contributed by atoms with E-state index in [2.05, 4.69) is 10.6 Å². The average Bonchev–Trinajstić information content (AvgIpc) is 2.33. The van der Waals surface area contributed by atoms with Crippen LogP contribution in [0, 0.1) is 5.92 Å². The molecule has 0 aromatic carbocycles. The third-order valence-electron chi connectivity index (χ3n) is 3.08. The summed E-state index contributed by atoms with van der Waals surface area (Å²) in [4.78, 5) is 34.0. The lowest BCUT2D eigenvalue weighted by molar-refractivity contribution is -0.143. The van der Waals surface area contributed by atoms with Crippen LogP contribution in [0.4, 0.5) is 0 Å². The molecule has 0 saturated carbocycles. The van der Waals surface area contributed by atoms with E-state index in [0.29, 0.717) is 19.4 Å². The zero-order valence-corrected chi connectivity index (χ0v) is 10.6. The number of rotatable bonds is 6. The summed E-state index contributed by atoms with van der Waals surface area (Å²) >= 11 is 0. The number of nitrogens with one attached hydrogen (secondary N) is 2. The molecule has 0 spiro atoms. The van der Waals surface area contributed by atoms with Gasteiger partial charge in [0.25, 0.3) is 0 Å². The van der Waals surface area contributed by atoms with Gasteiger partial charge in [-0.05, 0) is 12.8 Å². The van der Waals surface area contributed by atoms with Gasteiger partial charge in [-0.25, -0.2) is 4.79 Å². The van der Waals surface area contributed by atoms with Gasteiger partial charge in [0.2, 0.25) is 11.8 Å². The molecule has 0 aromatic rings. The third-order valence-corrected chi connectivity index (χ3v) is 3.08. The molecule has 0 radical (unpaired) electrons. The Morgan fingerprint density at radius 2 is 2.28 bits per heavy atom. The van der Waals surface area contributed by atoms with Crippen molar-refractivity contribution in [1.29, 1.82) is 0 Å². The average molecular weight is 256 g/mol. The summed E-state index contributed by atoms with van der Waals surface area (Å²) in [7, 11) is 0. The van der Waals surface area contributed by atoms with Crippen molar-refractivity contribution in [3.63, 3.8) is 0 Å². The second-order valence-electron chi connectivity index (χ2n) is 4.58. The van der Waals surface area contributed by atoms with Crippen LogP contribution >= 0.6 is 0 Å². The Morgan fingerprint density at radius 1 is 1.56 bits per heavy atom. The monoisotopic (exact) mass is 256 g/mol. The van der Waals surface area contributed by atoms with Crippen LogP contribution in [0.15, 0.2) is 0 Å². The zero-order valence-electron chi connectivity index (χ0n) is 10.6. The van der Waals surface area contributed by atoms with Gasteiger partial charge in [0.15, 0.2) is 0 Å². The Kier molecular flexibility index (Phi) is 5.61. The predicted molar refractivity (Wildman–Crippen MR) is 64.8 cm³/mol. The van der Waals surface area contributed by atoms with Gasteiger partial charge in [-0.3, -0.25) is 9.59 Å². The number of carbonyl (C=O) groups excluding carboxylic acids is 2. The number of unbranched alkanes of at least 4 members (excludes halogenated alkanes) is 1. The standard InChI is InChI=1S/C12H20N2O4/c1-2-3-4-9(12(17)18)14-11(16)8-5-6-13-10(15)7-8/h8-9H,2-7H2,1H3,(H,13,15)(H,14,16)(H,17,18). The predicted octanol–water partition coefficient (Wildman–Crippen LogP) is 0.272. The maximum absolute atomic E-state index is 11.9. The summed E-state index contributed by atoms with van der Waals surface area (Å²) in [6, 6.07) is -0.845. The lowest BCUT2D eigenvalue weighted by Crippen LogP contribution is -2.47. The maximum atomic E-state index is 11.9. The fraction of sp³-hybridized carbons (Fsp3) is 0.750. The Hall–Kier alpha value is -1.59.